The lowest BCUT2D eigenvalue weighted by atomic mass is 10.2. The number of aromatic amines is 1. The second kappa shape index (κ2) is 5.78. The van der Waals surface area contributed by atoms with Crippen LogP contribution in [0.25, 0.3) is 0 Å². The fourth-order valence-electron chi connectivity index (χ4n) is 2.41. The van der Waals surface area contributed by atoms with Gasteiger partial charge in [-0.05, 0) is 24.3 Å². The van der Waals surface area contributed by atoms with Crippen LogP contribution in [0.4, 0.5) is 5.82 Å². The molecule has 1 saturated heterocycles. The van der Waals surface area contributed by atoms with Crippen molar-refractivity contribution < 1.29 is 9.59 Å². The van der Waals surface area contributed by atoms with E-state index in [-0.39, 0.29) is 0 Å². The zero-order valence-electron chi connectivity index (χ0n) is 11.5. The van der Waals surface area contributed by atoms with E-state index in [1.165, 1.54) is 0 Å². The monoisotopic (exact) mass is 284 g/mol. The molecule has 1 fully saturated rings. The summed E-state index contributed by atoms with van der Waals surface area (Å²) in [6, 6.07) is 9.08. The zero-order chi connectivity index (χ0) is 14.7. The number of amides is 1. The highest BCUT2D eigenvalue weighted by Crippen LogP contribution is 2.13. The third kappa shape index (κ3) is 2.79. The maximum absolute atomic E-state index is 12.2. The van der Waals surface area contributed by atoms with Crippen LogP contribution in [-0.2, 0) is 4.79 Å². The highest BCUT2D eigenvalue weighted by atomic mass is 16.2. The number of rotatable bonds is 3. The Balaban J connectivity index is 1.61. The number of Topliss-reactive ketones (excluding diaryl/α,β-unsaturated/α-hetero) is 1. The first-order chi connectivity index (χ1) is 10.3. The molecule has 0 unspecified atom stereocenters. The summed E-state index contributed by atoms with van der Waals surface area (Å²) in [6.07, 6.45) is 3.39. The Morgan fingerprint density at radius 1 is 1.05 bits per heavy atom. The SMILES string of the molecule is O=C(C(=O)N1CCN(c2ccccn2)CC1)c1ccc[nH]1. The van der Waals surface area contributed by atoms with Gasteiger partial charge in [-0.15, -0.1) is 0 Å². The van der Waals surface area contributed by atoms with Crippen molar-refractivity contribution in [1.82, 2.24) is 14.9 Å². The van der Waals surface area contributed by atoms with Gasteiger partial charge in [-0.3, -0.25) is 9.59 Å². The number of nitrogens with zero attached hydrogens (tertiary/aromatic N) is 3. The van der Waals surface area contributed by atoms with Crippen molar-refractivity contribution in [2.24, 2.45) is 0 Å². The molecule has 3 heterocycles. The van der Waals surface area contributed by atoms with E-state index < -0.39 is 11.7 Å². The number of H-pyrrole nitrogens is 1. The van der Waals surface area contributed by atoms with Gasteiger partial charge >= 0.3 is 0 Å². The molecule has 3 rings (SSSR count). The van der Waals surface area contributed by atoms with Gasteiger partial charge in [0.25, 0.3) is 11.7 Å². The Hall–Kier alpha value is -2.63. The molecule has 2 aromatic heterocycles. The Labute approximate surface area is 122 Å². The van der Waals surface area contributed by atoms with Crippen molar-refractivity contribution >= 4 is 17.5 Å². The summed E-state index contributed by atoms with van der Waals surface area (Å²) in [5.74, 6) is -0.0234. The van der Waals surface area contributed by atoms with Crippen LogP contribution in [-0.4, -0.2) is 52.7 Å². The minimum Gasteiger partial charge on any atom is -0.358 e. The number of anilines is 1. The molecule has 1 aliphatic rings. The zero-order valence-corrected chi connectivity index (χ0v) is 11.5. The molecule has 6 nitrogen and oxygen atoms in total. The lowest BCUT2D eigenvalue weighted by Gasteiger charge is -2.34. The van der Waals surface area contributed by atoms with Crippen LogP contribution in [0.5, 0.6) is 0 Å². The van der Waals surface area contributed by atoms with Crippen LogP contribution in [0.15, 0.2) is 42.7 Å². The molecule has 0 bridgehead atoms. The predicted octanol–water partition coefficient (Wildman–Crippen LogP) is 0.941. The second-order valence-electron chi connectivity index (χ2n) is 4.88. The molecule has 0 atom stereocenters. The van der Waals surface area contributed by atoms with Gasteiger partial charge in [0.15, 0.2) is 0 Å². The minimum atomic E-state index is -0.480. The van der Waals surface area contributed by atoms with Crippen LogP contribution in [0, 0.1) is 0 Å². The van der Waals surface area contributed by atoms with Gasteiger partial charge < -0.3 is 14.8 Å². The molecule has 1 aliphatic heterocycles. The predicted molar refractivity (Wildman–Crippen MR) is 78.2 cm³/mol. The molecular formula is C15H16N4O2. The molecule has 0 spiro atoms. The van der Waals surface area contributed by atoms with E-state index in [2.05, 4.69) is 14.9 Å². The Kier molecular flexibility index (Phi) is 3.68. The quantitative estimate of drug-likeness (QED) is 0.673. The molecule has 1 amide bonds. The van der Waals surface area contributed by atoms with E-state index >= 15 is 0 Å². The first-order valence-corrected chi connectivity index (χ1v) is 6.88. The topological polar surface area (TPSA) is 69.3 Å². The molecular weight excluding hydrogens is 268 g/mol. The normalized spacial score (nSPS) is 15.0. The molecule has 0 aliphatic carbocycles. The van der Waals surface area contributed by atoms with E-state index in [9.17, 15) is 9.59 Å². The van der Waals surface area contributed by atoms with Crippen molar-refractivity contribution in [2.75, 3.05) is 31.1 Å². The fourth-order valence-corrected chi connectivity index (χ4v) is 2.41. The summed E-state index contributed by atoms with van der Waals surface area (Å²) in [5, 5.41) is 0. The number of pyridine rings is 1. The van der Waals surface area contributed by atoms with Gasteiger partial charge in [-0.1, -0.05) is 6.07 Å². The molecule has 2 aromatic rings. The number of carbonyl (C=O) groups excluding carboxylic acids is 2. The first kappa shape index (κ1) is 13.4. The van der Waals surface area contributed by atoms with Crippen LogP contribution in [0.1, 0.15) is 10.5 Å². The summed E-state index contributed by atoms with van der Waals surface area (Å²) < 4.78 is 0. The Morgan fingerprint density at radius 3 is 2.48 bits per heavy atom. The van der Waals surface area contributed by atoms with Gasteiger partial charge in [-0.2, -0.15) is 0 Å². The number of carbonyl (C=O) groups is 2. The van der Waals surface area contributed by atoms with Crippen molar-refractivity contribution in [3.8, 4) is 0 Å². The van der Waals surface area contributed by atoms with Crippen LogP contribution in [0.2, 0.25) is 0 Å². The van der Waals surface area contributed by atoms with Gasteiger partial charge in [0, 0.05) is 38.6 Å². The number of hydrogen-bond donors (Lipinski definition) is 1. The average molecular weight is 284 g/mol. The third-order valence-electron chi connectivity index (χ3n) is 3.58. The highest BCUT2D eigenvalue weighted by Gasteiger charge is 2.27. The van der Waals surface area contributed by atoms with Crippen molar-refractivity contribution in [3.63, 3.8) is 0 Å². The Bertz CT molecular complexity index is 616. The molecule has 6 heteroatoms. The van der Waals surface area contributed by atoms with Crippen LogP contribution >= 0.6 is 0 Å². The van der Waals surface area contributed by atoms with Gasteiger partial charge in [0.1, 0.15) is 5.82 Å². The van der Waals surface area contributed by atoms with Crippen molar-refractivity contribution in [3.05, 3.63) is 48.4 Å². The van der Waals surface area contributed by atoms with E-state index in [0.717, 1.165) is 5.82 Å². The van der Waals surface area contributed by atoms with E-state index in [1.807, 2.05) is 18.2 Å². The number of hydrogen-bond acceptors (Lipinski definition) is 4. The summed E-state index contributed by atoms with van der Waals surface area (Å²) in [6.45, 7) is 2.42. The standard InChI is InChI=1S/C15H16N4O2/c20-14(12-4-3-7-16-12)15(21)19-10-8-18(9-11-19)13-5-1-2-6-17-13/h1-7,16H,8-11H2. The lowest BCUT2D eigenvalue weighted by molar-refractivity contribution is -0.126. The minimum absolute atomic E-state index is 0.340. The van der Waals surface area contributed by atoms with Crippen LogP contribution in [0.3, 0.4) is 0 Å². The first-order valence-electron chi connectivity index (χ1n) is 6.88. The average Bonchev–Trinajstić information content (AvgIpc) is 3.09. The fraction of sp³-hybridized carbons (Fsp3) is 0.267. The molecule has 108 valence electrons. The van der Waals surface area contributed by atoms with E-state index in [1.54, 1.807) is 29.4 Å². The number of ketones is 1. The molecule has 0 radical (unpaired) electrons. The van der Waals surface area contributed by atoms with E-state index in [0.29, 0.717) is 31.9 Å². The summed E-state index contributed by atoms with van der Waals surface area (Å²) in [4.78, 5) is 35.0. The van der Waals surface area contributed by atoms with E-state index in [4.69, 9.17) is 0 Å². The Morgan fingerprint density at radius 2 is 1.86 bits per heavy atom. The molecule has 0 aromatic carbocycles. The number of aromatic nitrogens is 2. The van der Waals surface area contributed by atoms with Crippen LogP contribution < -0.4 is 4.90 Å². The smallest absolute Gasteiger partial charge is 0.296 e. The van der Waals surface area contributed by atoms with Gasteiger partial charge in [-0.25, -0.2) is 4.98 Å². The summed E-state index contributed by atoms with van der Waals surface area (Å²) in [7, 11) is 0. The molecule has 1 N–H and O–H groups in total. The maximum Gasteiger partial charge on any atom is 0.296 e. The lowest BCUT2D eigenvalue weighted by Crippen LogP contribution is -2.50. The largest absolute Gasteiger partial charge is 0.358 e. The maximum atomic E-state index is 12.2. The summed E-state index contributed by atoms with van der Waals surface area (Å²) in [5.41, 5.74) is 0.340. The highest BCUT2D eigenvalue weighted by molar-refractivity contribution is 6.42. The van der Waals surface area contributed by atoms with Gasteiger partial charge in [0.2, 0.25) is 0 Å². The molecule has 21 heavy (non-hydrogen) atoms. The van der Waals surface area contributed by atoms with Gasteiger partial charge in [0.05, 0.1) is 5.69 Å². The summed E-state index contributed by atoms with van der Waals surface area (Å²) >= 11 is 0. The second-order valence-corrected chi connectivity index (χ2v) is 4.88. The van der Waals surface area contributed by atoms with Crippen molar-refractivity contribution in [1.29, 1.82) is 0 Å². The number of piperazine rings is 1. The van der Waals surface area contributed by atoms with Crippen molar-refractivity contribution in [2.45, 2.75) is 0 Å². The molecule has 0 saturated carbocycles. The third-order valence-corrected chi connectivity index (χ3v) is 3.58. The number of nitrogens with one attached hydrogen (secondary N) is 1.